The van der Waals surface area contributed by atoms with Gasteiger partial charge in [-0.3, -0.25) is 14.2 Å². The monoisotopic (exact) mass is 291 g/mol. The molecule has 114 valence electrons. The Kier molecular flexibility index (Phi) is 4.45. The molecule has 2 heterocycles. The van der Waals surface area contributed by atoms with E-state index < -0.39 is 0 Å². The molecule has 6 nitrogen and oxygen atoms in total. The zero-order valence-electron chi connectivity index (χ0n) is 12.9. The van der Waals surface area contributed by atoms with Crippen molar-refractivity contribution >= 4 is 17.0 Å². The second-order valence-electron chi connectivity index (χ2n) is 5.67. The van der Waals surface area contributed by atoms with Crippen molar-refractivity contribution in [1.29, 1.82) is 0 Å². The maximum absolute atomic E-state index is 12.4. The predicted molar refractivity (Wildman–Crippen MR) is 80.2 cm³/mol. The molecule has 0 aromatic carbocycles. The summed E-state index contributed by atoms with van der Waals surface area (Å²) >= 11 is 0. The van der Waals surface area contributed by atoms with Crippen molar-refractivity contribution in [2.24, 2.45) is 5.92 Å². The van der Waals surface area contributed by atoms with Crippen LogP contribution in [0, 0.1) is 19.8 Å². The van der Waals surface area contributed by atoms with E-state index in [1.54, 1.807) is 6.92 Å². The van der Waals surface area contributed by atoms with Crippen LogP contribution in [0.1, 0.15) is 31.6 Å². The van der Waals surface area contributed by atoms with Gasteiger partial charge in [0, 0.05) is 12.1 Å². The van der Waals surface area contributed by atoms with E-state index in [-0.39, 0.29) is 18.0 Å². The number of amides is 1. The van der Waals surface area contributed by atoms with Crippen LogP contribution >= 0.6 is 0 Å². The van der Waals surface area contributed by atoms with Gasteiger partial charge >= 0.3 is 0 Å². The summed E-state index contributed by atoms with van der Waals surface area (Å²) in [6.07, 6.45) is 2.27. The van der Waals surface area contributed by atoms with Crippen molar-refractivity contribution in [3.05, 3.63) is 28.0 Å². The Morgan fingerprint density at radius 1 is 1.43 bits per heavy atom. The molecule has 2 aromatic rings. The molecular formula is C15H21N3O3. The molecule has 0 aliphatic heterocycles. The molecule has 0 radical (unpaired) electrons. The van der Waals surface area contributed by atoms with Gasteiger partial charge in [0.1, 0.15) is 24.0 Å². The summed E-state index contributed by atoms with van der Waals surface area (Å²) in [6, 6.07) is 0. The highest BCUT2D eigenvalue weighted by Gasteiger charge is 2.14. The molecule has 0 atom stereocenters. The van der Waals surface area contributed by atoms with Gasteiger partial charge in [-0.15, -0.1) is 0 Å². The van der Waals surface area contributed by atoms with Crippen molar-refractivity contribution in [3.63, 3.8) is 0 Å². The molecule has 0 spiro atoms. The Bertz CT molecular complexity index is 713. The first-order valence-electron chi connectivity index (χ1n) is 7.12. The second-order valence-corrected chi connectivity index (χ2v) is 5.67. The van der Waals surface area contributed by atoms with Crippen LogP contribution in [0.15, 0.2) is 15.5 Å². The molecule has 0 unspecified atom stereocenters. The molecule has 2 rings (SSSR count). The molecular weight excluding hydrogens is 270 g/mol. The Balaban J connectivity index is 2.16. The maximum atomic E-state index is 12.4. The second kappa shape index (κ2) is 6.11. The summed E-state index contributed by atoms with van der Waals surface area (Å²) in [6.45, 7) is 8.39. The molecule has 0 aliphatic rings. The minimum Gasteiger partial charge on any atom is -0.443 e. The van der Waals surface area contributed by atoms with Gasteiger partial charge in [0.25, 0.3) is 5.56 Å². The molecule has 0 saturated carbocycles. The number of carbonyl (C=O) groups is 1. The maximum Gasteiger partial charge on any atom is 0.265 e. The Hall–Kier alpha value is -2.11. The first-order chi connectivity index (χ1) is 9.90. The largest absolute Gasteiger partial charge is 0.443 e. The van der Waals surface area contributed by atoms with Crippen molar-refractivity contribution in [2.75, 3.05) is 6.54 Å². The summed E-state index contributed by atoms with van der Waals surface area (Å²) in [5, 5.41) is 3.26. The lowest BCUT2D eigenvalue weighted by Crippen LogP contribution is -2.33. The highest BCUT2D eigenvalue weighted by Crippen LogP contribution is 2.18. The number of hydrogen-bond donors (Lipinski definition) is 1. The molecule has 1 N–H and O–H groups in total. The lowest BCUT2D eigenvalue weighted by molar-refractivity contribution is -0.121. The number of carbonyl (C=O) groups excluding carboxylic acids is 1. The first kappa shape index (κ1) is 15.3. The van der Waals surface area contributed by atoms with Crippen LogP contribution in [0.25, 0.3) is 11.1 Å². The number of aryl methyl sites for hydroxylation is 2. The van der Waals surface area contributed by atoms with Gasteiger partial charge in [-0.05, 0) is 26.2 Å². The van der Waals surface area contributed by atoms with E-state index in [1.165, 1.54) is 10.9 Å². The van der Waals surface area contributed by atoms with Gasteiger partial charge in [0.05, 0.1) is 0 Å². The third kappa shape index (κ3) is 3.32. The smallest absolute Gasteiger partial charge is 0.265 e. The molecule has 0 aliphatic carbocycles. The quantitative estimate of drug-likeness (QED) is 0.910. The van der Waals surface area contributed by atoms with E-state index in [2.05, 4.69) is 24.1 Å². The molecule has 21 heavy (non-hydrogen) atoms. The highest BCUT2D eigenvalue weighted by atomic mass is 16.3. The SMILES string of the molecule is Cc1oc2ncn(CC(=O)NCCC(C)C)c(=O)c2c1C. The van der Waals surface area contributed by atoms with E-state index in [0.717, 1.165) is 12.0 Å². The fourth-order valence-electron chi connectivity index (χ4n) is 2.09. The number of nitrogens with zero attached hydrogens (tertiary/aromatic N) is 2. The number of aromatic nitrogens is 2. The number of nitrogens with one attached hydrogen (secondary N) is 1. The van der Waals surface area contributed by atoms with Gasteiger partial charge in [-0.1, -0.05) is 13.8 Å². The third-order valence-electron chi connectivity index (χ3n) is 3.51. The topological polar surface area (TPSA) is 77.1 Å². The minimum atomic E-state index is -0.242. The Morgan fingerprint density at radius 3 is 2.81 bits per heavy atom. The van der Waals surface area contributed by atoms with Crippen LogP contribution in [0.5, 0.6) is 0 Å². The summed E-state index contributed by atoms with van der Waals surface area (Å²) in [4.78, 5) is 28.3. The normalized spacial score (nSPS) is 11.3. The van der Waals surface area contributed by atoms with Crippen molar-refractivity contribution in [2.45, 2.75) is 40.7 Å². The van der Waals surface area contributed by atoms with Crippen LogP contribution < -0.4 is 10.9 Å². The fraction of sp³-hybridized carbons (Fsp3) is 0.533. The van der Waals surface area contributed by atoms with E-state index in [1.807, 2.05) is 6.92 Å². The van der Waals surface area contributed by atoms with Crippen LogP contribution in [0.4, 0.5) is 0 Å². The summed E-state index contributed by atoms with van der Waals surface area (Å²) in [5.41, 5.74) is 0.858. The molecule has 0 fully saturated rings. The standard InChI is InChI=1S/C15H21N3O3/c1-9(2)5-6-16-12(19)7-18-8-17-14-13(15(18)20)10(3)11(4)21-14/h8-9H,5-7H2,1-4H3,(H,16,19). The number of fused-ring (bicyclic) bond motifs is 1. The zero-order chi connectivity index (χ0) is 15.6. The molecule has 1 amide bonds. The third-order valence-corrected chi connectivity index (χ3v) is 3.51. The van der Waals surface area contributed by atoms with Crippen LogP contribution in [0.2, 0.25) is 0 Å². The lowest BCUT2D eigenvalue weighted by Gasteiger charge is -2.08. The summed E-state index contributed by atoms with van der Waals surface area (Å²) in [5.74, 6) is 1.02. The molecule has 2 aromatic heterocycles. The number of rotatable bonds is 5. The fourth-order valence-corrected chi connectivity index (χ4v) is 2.09. The van der Waals surface area contributed by atoms with Gasteiger partial charge < -0.3 is 9.73 Å². The molecule has 0 bridgehead atoms. The van der Waals surface area contributed by atoms with E-state index in [4.69, 9.17) is 4.42 Å². The van der Waals surface area contributed by atoms with Gasteiger partial charge in [-0.2, -0.15) is 0 Å². The zero-order valence-corrected chi connectivity index (χ0v) is 12.9. The highest BCUT2D eigenvalue weighted by molar-refractivity contribution is 5.79. The molecule has 6 heteroatoms. The van der Waals surface area contributed by atoms with Crippen molar-refractivity contribution < 1.29 is 9.21 Å². The van der Waals surface area contributed by atoms with E-state index >= 15 is 0 Å². The average molecular weight is 291 g/mol. The lowest BCUT2D eigenvalue weighted by atomic mass is 10.1. The van der Waals surface area contributed by atoms with Crippen LogP contribution in [-0.2, 0) is 11.3 Å². The number of furan rings is 1. The Morgan fingerprint density at radius 2 is 2.14 bits per heavy atom. The number of hydrogen-bond acceptors (Lipinski definition) is 4. The molecule has 0 saturated heterocycles. The van der Waals surface area contributed by atoms with Crippen molar-refractivity contribution in [3.8, 4) is 0 Å². The summed E-state index contributed by atoms with van der Waals surface area (Å²) < 4.78 is 6.72. The predicted octanol–water partition coefficient (Wildman–Crippen LogP) is 1.77. The van der Waals surface area contributed by atoms with Crippen molar-refractivity contribution in [1.82, 2.24) is 14.9 Å². The van der Waals surface area contributed by atoms with E-state index in [0.29, 0.717) is 29.3 Å². The average Bonchev–Trinajstić information content (AvgIpc) is 2.69. The van der Waals surface area contributed by atoms with Crippen LogP contribution in [-0.4, -0.2) is 22.0 Å². The van der Waals surface area contributed by atoms with Crippen LogP contribution in [0.3, 0.4) is 0 Å². The Labute approximate surface area is 123 Å². The first-order valence-corrected chi connectivity index (χ1v) is 7.12. The van der Waals surface area contributed by atoms with Gasteiger partial charge in [-0.25, -0.2) is 4.98 Å². The minimum absolute atomic E-state index is 0.0243. The summed E-state index contributed by atoms with van der Waals surface area (Å²) in [7, 11) is 0. The van der Waals surface area contributed by atoms with Gasteiger partial charge in [0.2, 0.25) is 11.6 Å². The van der Waals surface area contributed by atoms with E-state index in [9.17, 15) is 9.59 Å². The van der Waals surface area contributed by atoms with Gasteiger partial charge in [0.15, 0.2) is 0 Å².